The van der Waals surface area contributed by atoms with E-state index >= 15 is 0 Å². The molecule has 1 aromatic carbocycles. The molecule has 13 heavy (non-hydrogen) atoms. The second kappa shape index (κ2) is 4.50. The summed E-state index contributed by atoms with van der Waals surface area (Å²) in [4.78, 5) is 11.3. The summed E-state index contributed by atoms with van der Waals surface area (Å²) in [6.07, 6.45) is 0.818. The molecule has 0 radical (unpaired) electrons. The number of esters is 1. The SMILES string of the molecule is CCCOC(=O)c1ccccc1N. The third-order valence-electron chi connectivity index (χ3n) is 1.62. The highest BCUT2D eigenvalue weighted by molar-refractivity contribution is 5.94. The summed E-state index contributed by atoms with van der Waals surface area (Å²) >= 11 is 0. The molecule has 3 heteroatoms. The highest BCUT2D eigenvalue weighted by Crippen LogP contribution is 2.11. The first kappa shape index (κ1) is 9.58. The van der Waals surface area contributed by atoms with Crippen LogP contribution in [0.2, 0.25) is 0 Å². The van der Waals surface area contributed by atoms with Gasteiger partial charge in [0.25, 0.3) is 0 Å². The zero-order valence-corrected chi connectivity index (χ0v) is 7.62. The first-order valence-corrected chi connectivity index (χ1v) is 4.27. The molecule has 1 aromatic rings. The van der Waals surface area contributed by atoms with Crippen molar-refractivity contribution in [2.24, 2.45) is 0 Å². The Morgan fingerprint density at radius 2 is 2.15 bits per heavy atom. The van der Waals surface area contributed by atoms with Gasteiger partial charge in [-0.05, 0) is 18.6 Å². The quantitative estimate of drug-likeness (QED) is 0.569. The van der Waals surface area contributed by atoms with Crippen molar-refractivity contribution in [2.45, 2.75) is 13.3 Å². The van der Waals surface area contributed by atoms with E-state index in [-0.39, 0.29) is 5.97 Å². The Balaban J connectivity index is 2.71. The smallest absolute Gasteiger partial charge is 0.340 e. The van der Waals surface area contributed by atoms with Gasteiger partial charge in [0.05, 0.1) is 12.2 Å². The van der Waals surface area contributed by atoms with Crippen LogP contribution < -0.4 is 5.73 Å². The van der Waals surface area contributed by atoms with E-state index in [1.54, 1.807) is 24.3 Å². The van der Waals surface area contributed by atoms with E-state index in [9.17, 15) is 4.79 Å². The minimum absolute atomic E-state index is 0.347. The van der Waals surface area contributed by atoms with E-state index in [0.717, 1.165) is 6.42 Å². The zero-order chi connectivity index (χ0) is 9.68. The molecule has 0 atom stereocenters. The fraction of sp³-hybridized carbons (Fsp3) is 0.300. The van der Waals surface area contributed by atoms with E-state index in [1.165, 1.54) is 0 Å². The first-order valence-electron chi connectivity index (χ1n) is 4.27. The number of benzene rings is 1. The summed E-state index contributed by atoms with van der Waals surface area (Å²) in [6, 6.07) is 6.89. The molecule has 0 aliphatic rings. The number of ether oxygens (including phenoxy) is 1. The van der Waals surface area contributed by atoms with Crippen LogP contribution in [0.3, 0.4) is 0 Å². The fourth-order valence-electron chi connectivity index (χ4n) is 0.955. The maximum absolute atomic E-state index is 11.3. The summed E-state index contributed by atoms with van der Waals surface area (Å²) in [5.41, 5.74) is 6.49. The number of anilines is 1. The van der Waals surface area contributed by atoms with Crippen LogP contribution in [-0.2, 0) is 4.74 Å². The maximum Gasteiger partial charge on any atom is 0.340 e. The molecule has 0 saturated heterocycles. The molecule has 3 nitrogen and oxygen atoms in total. The van der Waals surface area contributed by atoms with Crippen molar-refractivity contribution < 1.29 is 9.53 Å². The molecule has 2 N–H and O–H groups in total. The molecule has 70 valence electrons. The molecule has 0 amide bonds. The van der Waals surface area contributed by atoms with Gasteiger partial charge in [-0.1, -0.05) is 19.1 Å². The summed E-state index contributed by atoms with van der Waals surface area (Å²) in [5.74, 6) is -0.347. The number of nitrogens with two attached hydrogens (primary N) is 1. The van der Waals surface area contributed by atoms with Gasteiger partial charge >= 0.3 is 5.97 Å². The van der Waals surface area contributed by atoms with Crippen LogP contribution in [0.4, 0.5) is 5.69 Å². The number of carbonyl (C=O) groups is 1. The van der Waals surface area contributed by atoms with Gasteiger partial charge in [0.1, 0.15) is 0 Å². The largest absolute Gasteiger partial charge is 0.462 e. The van der Waals surface area contributed by atoms with Gasteiger partial charge in [-0.15, -0.1) is 0 Å². The van der Waals surface area contributed by atoms with Crippen molar-refractivity contribution in [3.8, 4) is 0 Å². The van der Waals surface area contributed by atoms with E-state index < -0.39 is 0 Å². The average molecular weight is 179 g/mol. The topological polar surface area (TPSA) is 52.3 Å². The third-order valence-corrected chi connectivity index (χ3v) is 1.62. The summed E-state index contributed by atoms with van der Waals surface area (Å²) in [5, 5.41) is 0. The predicted molar refractivity (Wildman–Crippen MR) is 51.4 cm³/mol. The van der Waals surface area contributed by atoms with Crippen LogP contribution in [-0.4, -0.2) is 12.6 Å². The van der Waals surface area contributed by atoms with Gasteiger partial charge in [0.15, 0.2) is 0 Å². The standard InChI is InChI=1S/C10H13NO2/c1-2-7-13-10(12)8-5-3-4-6-9(8)11/h3-6H,2,7,11H2,1H3. The van der Waals surface area contributed by atoms with Crippen molar-refractivity contribution in [1.29, 1.82) is 0 Å². The minimum Gasteiger partial charge on any atom is -0.462 e. The van der Waals surface area contributed by atoms with Gasteiger partial charge < -0.3 is 10.5 Å². The lowest BCUT2D eigenvalue weighted by Gasteiger charge is -2.04. The highest BCUT2D eigenvalue weighted by Gasteiger charge is 2.08. The molecule has 0 heterocycles. The van der Waals surface area contributed by atoms with Crippen LogP contribution >= 0.6 is 0 Å². The van der Waals surface area contributed by atoms with E-state index in [4.69, 9.17) is 10.5 Å². The summed E-state index contributed by atoms with van der Waals surface area (Å²) in [7, 11) is 0. The maximum atomic E-state index is 11.3. The van der Waals surface area contributed by atoms with E-state index in [1.807, 2.05) is 6.92 Å². The number of para-hydroxylation sites is 1. The Hall–Kier alpha value is -1.51. The Labute approximate surface area is 77.5 Å². The van der Waals surface area contributed by atoms with Gasteiger partial charge in [0, 0.05) is 5.69 Å². The first-order chi connectivity index (χ1) is 6.25. The molecule has 0 bridgehead atoms. The molecule has 0 spiro atoms. The summed E-state index contributed by atoms with van der Waals surface area (Å²) < 4.78 is 4.94. The lowest BCUT2D eigenvalue weighted by molar-refractivity contribution is 0.0506. The lowest BCUT2D eigenvalue weighted by Crippen LogP contribution is -2.08. The van der Waals surface area contributed by atoms with Crippen molar-refractivity contribution in [1.82, 2.24) is 0 Å². The van der Waals surface area contributed by atoms with Gasteiger partial charge in [0.2, 0.25) is 0 Å². The molecule has 0 aliphatic heterocycles. The van der Waals surface area contributed by atoms with Crippen molar-refractivity contribution in [3.63, 3.8) is 0 Å². The van der Waals surface area contributed by atoms with Crippen molar-refractivity contribution in [2.75, 3.05) is 12.3 Å². The summed E-state index contributed by atoms with van der Waals surface area (Å²) in [6.45, 7) is 2.38. The normalized spacial score (nSPS) is 9.62. The Kier molecular flexibility index (Phi) is 3.31. The van der Waals surface area contributed by atoms with Crippen LogP contribution in [0.1, 0.15) is 23.7 Å². The second-order valence-corrected chi connectivity index (χ2v) is 2.72. The molecule has 0 fully saturated rings. The molecule has 0 aromatic heterocycles. The zero-order valence-electron chi connectivity index (χ0n) is 7.62. The van der Waals surface area contributed by atoms with E-state index in [0.29, 0.717) is 17.9 Å². The number of hydrogen-bond acceptors (Lipinski definition) is 3. The van der Waals surface area contributed by atoms with Gasteiger partial charge in [-0.25, -0.2) is 4.79 Å². The third kappa shape index (κ3) is 2.47. The number of hydrogen-bond donors (Lipinski definition) is 1. The van der Waals surface area contributed by atoms with Crippen molar-refractivity contribution >= 4 is 11.7 Å². The molecule has 1 rings (SSSR count). The van der Waals surface area contributed by atoms with Gasteiger partial charge in [-0.2, -0.15) is 0 Å². The van der Waals surface area contributed by atoms with Crippen molar-refractivity contribution in [3.05, 3.63) is 29.8 Å². The number of rotatable bonds is 3. The highest BCUT2D eigenvalue weighted by atomic mass is 16.5. The Morgan fingerprint density at radius 1 is 1.46 bits per heavy atom. The molecule has 0 aliphatic carbocycles. The second-order valence-electron chi connectivity index (χ2n) is 2.72. The minimum atomic E-state index is -0.347. The van der Waals surface area contributed by atoms with E-state index in [2.05, 4.69) is 0 Å². The van der Waals surface area contributed by atoms with Gasteiger partial charge in [-0.3, -0.25) is 0 Å². The lowest BCUT2D eigenvalue weighted by atomic mass is 10.2. The van der Waals surface area contributed by atoms with Crippen LogP contribution in [0, 0.1) is 0 Å². The number of nitrogen functional groups attached to an aromatic ring is 1. The number of carbonyl (C=O) groups excluding carboxylic acids is 1. The Morgan fingerprint density at radius 3 is 2.77 bits per heavy atom. The fourth-order valence-corrected chi connectivity index (χ4v) is 0.955. The molecular formula is C10H13NO2. The predicted octanol–water partition coefficient (Wildman–Crippen LogP) is 1.84. The van der Waals surface area contributed by atoms with Crippen LogP contribution in [0.15, 0.2) is 24.3 Å². The monoisotopic (exact) mass is 179 g/mol. The molecule has 0 unspecified atom stereocenters. The Bertz CT molecular complexity index is 297. The average Bonchev–Trinajstić information content (AvgIpc) is 2.15. The molecule has 0 saturated carbocycles. The van der Waals surface area contributed by atoms with Crippen LogP contribution in [0.5, 0.6) is 0 Å². The van der Waals surface area contributed by atoms with Crippen LogP contribution in [0.25, 0.3) is 0 Å². The molecular weight excluding hydrogens is 166 g/mol.